The van der Waals surface area contributed by atoms with Gasteiger partial charge in [-0.2, -0.15) is 0 Å². The molecule has 0 heterocycles. The maximum absolute atomic E-state index is 13.2. The van der Waals surface area contributed by atoms with E-state index in [2.05, 4.69) is 5.32 Å². The lowest BCUT2D eigenvalue weighted by Crippen LogP contribution is -2.48. The molecular weight excluding hydrogens is 465 g/mol. The third-order valence-corrected chi connectivity index (χ3v) is 4.75. The van der Waals surface area contributed by atoms with Gasteiger partial charge in [0.2, 0.25) is 0 Å². The zero-order chi connectivity index (χ0) is 27.7. The van der Waals surface area contributed by atoms with Crippen LogP contribution < -0.4 is 5.32 Å². The van der Waals surface area contributed by atoms with Gasteiger partial charge in [0.1, 0.15) is 22.8 Å². The molecule has 204 valence electrons. The monoisotopic (exact) mass is 509 g/mol. The van der Waals surface area contributed by atoms with Gasteiger partial charge in [-0.1, -0.05) is 24.3 Å². The van der Waals surface area contributed by atoms with Gasteiger partial charge in [0.05, 0.1) is 12.6 Å². The van der Waals surface area contributed by atoms with Crippen molar-refractivity contribution in [2.24, 2.45) is 5.92 Å². The lowest BCUT2D eigenvalue weighted by Gasteiger charge is -2.29. The Balaban J connectivity index is 3.21. The van der Waals surface area contributed by atoms with Crippen molar-refractivity contribution < 1.29 is 33.0 Å². The second-order valence-electron chi connectivity index (χ2n) is 12.0. The number of alkyl halides is 1. The number of benzene rings is 1. The van der Waals surface area contributed by atoms with Crippen molar-refractivity contribution in [2.75, 3.05) is 6.67 Å². The fraction of sp³-hybridized carbons (Fsp3) is 0.679. The van der Waals surface area contributed by atoms with Crippen LogP contribution in [0.1, 0.15) is 86.3 Å². The summed E-state index contributed by atoms with van der Waals surface area (Å²) in [6, 6.07) is 6.45. The van der Waals surface area contributed by atoms with E-state index in [-0.39, 0.29) is 19.5 Å². The summed E-state index contributed by atoms with van der Waals surface area (Å²) < 4.78 is 29.0. The van der Waals surface area contributed by atoms with E-state index in [9.17, 15) is 18.8 Å². The predicted molar refractivity (Wildman–Crippen MR) is 137 cm³/mol. The number of alkyl carbamates (subject to hydrolysis) is 1. The summed E-state index contributed by atoms with van der Waals surface area (Å²) in [5.41, 5.74) is -0.428. The van der Waals surface area contributed by atoms with Gasteiger partial charge >= 0.3 is 18.0 Å². The van der Waals surface area contributed by atoms with Crippen LogP contribution in [0.3, 0.4) is 0 Å². The van der Waals surface area contributed by atoms with E-state index in [1.807, 2.05) is 24.3 Å². The molecule has 0 bridgehead atoms. The van der Waals surface area contributed by atoms with Crippen molar-refractivity contribution in [2.45, 2.75) is 111 Å². The van der Waals surface area contributed by atoms with E-state index in [1.54, 1.807) is 62.3 Å². The summed E-state index contributed by atoms with van der Waals surface area (Å²) in [7, 11) is 0. The Morgan fingerprint density at radius 1 is 0.778 bits per heavy atom. The molecule has 0 saturated carbocycles. The normalized spacial score (nSPS) is 13.9. The van der Waals surface area contributed by atoms with Crippen molar-refractivity contribution in [1.29, 1.82) is 0 Å². The number of hydrogen-bond acceptors (Lipinski definition) is 6. The Hall–Kier alpha value is -2.64. The highest BCUT2D eigenvalue weighted by molar-refractivity contribution is 5.83. The number of nitrogens with one attached hydrogen (secondary N) is 1. The van der Waals surface area contributed by atoms with Gasteiger partial charge in [0.25, 0.3) is 0 Å². The molecule has 8 heteroatoms. The molecular formula is C28H44FNO6. The Morgan fingerprint density at radius 2 is 1.25 bits per heavy atom. The molecule has 1 rings (SSSR count). The molecule has 0 aromatic heterocycles. The number of carbonyl (C=O) groups is 3. The third kappa shape index (κ3) is 13.4. The number of aryl methyl sites for hydroxylation is 1. The van der Waals surface area contributed by atoms with E-state index in [0.717, 1.165) is 11.1 Å². The highest BCUT2D eigenvalue weighted by Crippen LogP contribution is 2.22. The number of halogens is 1. The standard InChI is InChI=1S/C28H44FNO6/c1-26(2,3)34-23(31)21(17-20-14-12-19(13-15-20)11-10-16-29)18-22(24(32)35-27(4,5)6)30-25(33)36-28(7,8)9/h12-15,21-22H,10-11,16-18H2,1-9H3,(H,30,33)/t21?,22-/m0/s1. The summed E-state index contributed by atoms with van der Waals surface area (Å²) in [6.45, 7) is 15.3. The van der Waals surface area contributed by atoms with Crippen molar-refractivity contribution in [1.82, 2.24) is 5.32 Å². The van der Waals surface area contributed by atoms with Gasteiger partial charge in [-0.25, -0.2) is 9.59 Å². The summed E-state index contributed by atoms with van der Waals surface area (Å²) in [5, 5.41) is 2.58. The number of esters is 2. The smallest absolute Gasteiger partial charge is 0.408 e. The first-order valence-electron chi connectivity index (χ1n) is 12.5. The molecule has 0 aliphatic carbocycles. The minimum absolute atomic E-state index is 0.0350. The third-order valence-electron chi connectivity index (χ3n) is 4.75. The summed E-state index contributed by atoms with van der Waals surface area (Å²) in [4.78, 5) is 38.7. The molecule has 0 aliphatic rings. The molecule has 36 heavy (non-hydrogen) atoms. The highest BCUT2D eigenvalue weighted by atomic mass is 19.1. The van der Waals surface area contributed by atoms with E-state index in [1.165, 1.54) is 0 Å². The lowest BCUT2D eigenvalue weighted by molar-refractivity contribution is -0.162. The Kier molecular flexibility index (Phi) is 11.4. The van der Waals surface area contributed by atoms with Gasteiger partial charge in [-0.15, -0.1) is 0 Å². The molecule has 1 amide bonds. The molecule has 1 aromatic carbocycles. The van der Waals surface area contributed by atoms with Crippen molar-refractivity contribution in [3.05, 3.63) is 35.4 Å². The fourth-order valence-corrected chi connectivity index (χ4v) is 3.37. The number of ether oxygens (including phenoxy) is 3. The van der Waals surface area contributed by atoms with E-state index < -0.39 is 46.8 Å². The maximum Gasteiger partial charge on any atom is 0.408 e. The SMILES string of the molecule is CC(C)(C)OC(=O)N[C@@H](CC(Cc1ccc(CCCF)cc1)C(=O)OC(C)(C)C)C(=O)OC(C)(C)C. The molecule has 0 aliphatic heterocycles. The summed E-state index contributed by atoms with van der Waals surface area (Å²) >= 11 is 0. The molecule has 0 radical (unpaired) electrons. The van der Waals surface area contributed by atoms with Gasteiger partial charge in [0, 0.05) is 0 Å². The van der Waals surface area contributed by atoms with Crippen molar-refractivity contribution in [3.8, 4) is 0 Å². The topological polar surface area (TPSA) is 90.9 Å². The van der Waals surface area contributed by atoms with E-state index in [4.69, 9.17) is 14.2 Å². The van der Waals surface area contributed by atoms with Crippen LogP contribution in [0.5, 0.6) is 0 Å². The van der Waals surface area contributed by atoms with Gasteiger partial charge < -0.3 is 19.5 Å². The van der Waals surface area contributed by atoms with Crippen LogP contribution in [0.4, 0.5) is 9.18 Å². The molecule has 0 spiro atoms. The first-order valence-corrected chi connectivity index (χ1v) is 12.5. The summed E-state index contributed by atoms with van der Waals surface area (Å²) in [6.07, 6.45) is 0.555. The Bertz CT molecular complexity index is 862. The number of hydrogen-bond donors (Lipinski definition) is 1. The predicted octanol–water partition coefficient (Wildman–Crippen LogP) is 5.71. The summed E-state index contributed by atoms with van der Waals surface area (Å²) in [5.74, 6) is -1.89. The average Bonchev–Trinajstić information content (AvgIpc) is 2.68. The largest absolute Gasteiger partial charge is 0.460 e. The van der Waals surface area contributed by atoms with Crippen molar-refractivity contribution in [3.63, 3.8) is 0 Å². The first-order chi connectivity index (χ1) is 16.4. The van der Waals surface area contributed by atoms with Crippen LogP contribution in [0.25, 0.3) is 0 Å². The molecule has 7 nitrogen and oxygen atoms in total. The lowest BCUT2D eigenvalue weighted by atomic mass is 9.91. The molecule has 0 saturated heterocycles. The minimum Gasteiger partial charge on any atom is -0.460 e. The molecule has 1 aromatic rings. The van der Waals surface area contributed by atoms with Crippen LogP contribution in [-0.4, -0.2) is 47.6 Å². The highest BCUT2D eigenvalue weighted by Gasteiger charge is 2.35. The molecule has 0 fully saturated rings. The Morgan fingerprint density at radius 3 is 1.72 bits per heavy atom. The fourth-order valence-electron chi connectivity index (χ4n) is 3.37. The quantitative estimate of drug-likeness (QED) is 0.321. The second-order valence-corrected chi connectivity index (χ2v) is 12.0. The van der Waals surface area contributed by atoms with Gasteiger partial charge in [0.15, 0.2) is 0 Å². The first kappa shape index (κ1) is 31.4. The zero-order valence-electron chi connectivity index (χ0n) is 23.3. The number of rotatable bonds is 10. The number of carbonyl (C=O) groups excluding carboxylic acids is 3. The van der Waals surface area contributed by atoms with Crippen LogP contribution >= 0.6 is 0 Å². The Labute approximate surface area is 215 Å². The second kappa shape index (κ2) is 13.1. The number of amides is 1. The zero-order valence-corrected chi connectivity index (χ0v) is 23.3. The minimum atomic E-state index is -1.12. The van der Waals surface area contributed by atoms with Crippen LogP contribution in [0.2, 0.25) is 0 Å². The van der Waals surface area contributed by atoms with Gasteiger partial charge in [-0.3, -0.25) is 9.18 Å². The van der Waals surface area contributed by atoms with Crippen LogP contribution in [-0.2, 0) is 36.6 Å². The van der Waals surface area contributed by atoms with Gasteiger partial charge in [-0.05, 0) is 99.1 Å². The molecule has 1 unspecified atom stereocenters. The molecule has 1 N–H and O–H groups in total. The maximum atomic E-state index is 13.2. The van der Waals surface area contributed by atoms with Crippen LogP contribution in [0, 0.1) is 5.92 Å². The molecule has 2 atom stereocenters. The van der Waals surface area contributed by atoms with E-state index in [0.29, 0.717) is 12.8 Å². The van der Waals surface area contributed by atoms with E-state index >= 15 is 0 Å². The average molecular weight is 510 g/mol. The van der Waals surface area contributed by atoms with Crippen molar-refractivity contribution >= 4 is 18.0 Å². The van der Waals surface area contributed by atoms with Crippen LogP contribution in [0.15, 0.2) is 24.3 Å².